The van der Waals surface area contributed by atoms with E-state index in [0.29, 0.717) is 23.0 Å². The number of nitro groups is 1. The van der Waals surface area contributed by atoms with Gasteiger partial charge in [-0.1, -0.05) is 0 Å². The second kappa shape index (κ2) is 6.37. The van der Waals surface area contributed by atoms with E-state index in [1.165, 1.54) is 13.1 Å². The molecule has 2 atom stereocenters. The SMILES string of the molecule is CNC(=O)C1COCCN1c1sc([C@H](C)O)cc1[N+](=O)[O-]. The van der Waals surface area contributed by atoms with Crippen LogP contribution in [0.5, 0.6) is 0 Å². The van der Waals surface area contributed by atoms with Crippen LogP contribution in [0.2, 0.25) is 0 Å². The highest BCUT2D eigenvalue weighted by Crippen LogP contribution is 2.41. The lowest BCUT2D eigenvalue weighted by Gasteiger charge is -2.34. The Morgan fingerprint density at radius 3 is 3.00 bits per heavy atom. The van der Waals surface area contributed by atoms with Crippen molar-refractivity contribution >= 4 is 27.9 Å². The van der Waals surface area contributed by atoms with Crippen LogP contribution in [0.1, 0.15) is 17.9 Å². The van der Waals surface area contributed by atoms with Crippen LogP contribution in [0.3, 0.4) is 0 Å². The maximum atomic E-state index is 11.9. The molecule has 116 valence electrons. The van der Waals surface area contributed by atoms with Gasteiger partial charge in [0.25, 0.3) is 0 Å². The number of anilines is 1. The fraction of sp³-hybridized carbons (Fsp3) is 0.583. The average molecular weight is 315 g/mol. The summed E-state index contributed by atoms with van der Waals surface area (Å²) in [5.41, 5.74) is -0.0910. The number of rotatable bonds is 4. The molecule has 2 heterocycles. The maximum absolute atomic E-state index is 11.9. The normalized spacial score (nSPS) is 20.1. The Kier molecular flexibility index (Phi) is 4.76. The minimum Gasteiger partial charge on any atom is -0.388 e. The zero-order chi connectivity index (χ0) is 15.6. The molecule has 0 aliphatic carbocycles. The number of hydrogen-bond acceptors (Lipinski definition) is 7. The van der Waals surface area contributed by atoms with E-state index >= 15 is 0 Å². The molecule has 1 amide bonds. The van der Waals surface area contributed by atoms with Crippen LogP contribution >= 0.6 is 11.3 Å². The molecule has 1 unspecified atom stereocenters. The summed E-state index contributed by atoms with van der Waals surface area (Å²) in [5.74, 6) is -0.254. The van der Waals surface area contributed by atoms with Gasteiger partial charge in [-0.15, -0.1) is 11.3 Å². The van der Waals surface area contributed by atoms with Crippen molar-refractivity contribution in [2.24, 2.45) is 0 Å². The van der Waals surface area contributed by atoms with Gasteiger partial charge in [-0.05, 0) is 6.92 Å². The van der Waals surface area contributed by atoms with Crippen LogP contribution in [0.25, 0.3) is 0 Å². The van der Waals surface area contributed by atoms with Crippen molar-refractivity contribution in [1.82, 2.24) is 5.32 Å². The van der Waals surface area contributed by atoms with Crippen molar-refractivity contribution in [2.45, 2.75) is 19.1 Å². The molecule has 1 aromatic rings. The molecular formula is C12H17N3O5S. The van der Waals surface area contributed by atoms with Crippen molar-refractivity contribution in [3.8, 4) is 0 Å². The number of morpholine rings is 1. The lowest BCUT2D eigenvalue weighted by molar-refractivity contribution is -0.383. The quantitative estimate of drug-likeness (QED) is 0.625. The number of carbonyl (C=O) groups is 1. The molecule has 1 saturated heterocycles. The van der Waals surface area contributed by atoms with E-state index < -0.39 is 17.1 Å². The van der Waals surface area contributed by atoms with E-state index in [9.17, 15) is 20.0 Å². The number of ether oxygens (including phenoxy) is 1. The van der Waals surface area contributed by atoms with Crippen molar-refractivity contribution < 1.29 is 19.6 Å². The predicted octanol–water partition coefficient (Wildman–Crippen LogP) is 0.661. The third-order valence-corrected chi connectivity index (χ3v) is 4.59. The maximum Gasteiger partial charge on any atom is 0.304 e. The fourth-order valence-corrected chi connectivity index (χ4v) is 3.30. The number of nitrogens with one attached hydrogen (secondary N) is 1. The highest BCUT2D eigenvalue weighted by atomic mass is 32.1. The summed E-state index contributed by atoms with van der Waals surface area (Å²) in [7, 11) is 1.51. The summed E-state index contributed by atoms with van der Waals surface area (Å²) in [6.07, 6.45) is -0.790. The minimum atomic E-state index is -0.790. The molecule has 1 aliphatic heterocycles. The van der Waals surface area contributed by atoms with Crippen LogP contribution in [0.4, 0.5) is 10.7 Å². The number of carbonyl (C=O) groups excluding carboxylic acids is 1. The van der Waals surface area contributed by atoms with Gasteiger partial charge in [0.05, 0.1) is 24.2 Å². The van der Waals surface area contributed by atoms with Crippen molar-refractivity contribution in [3.63, 3.8) is 0 Å². The lowest BCUT2D eigenvalue weighted by Crippen LogP contribution is -2.53. The number of likely N-dealkylation sites (N-methyl/N-ethyl adjacent to an activating group) is 1. The second-order valence-electron chi connectivity index (χ2n) is 4.67. The van der Waals surface area contributed by atoms with Crippen molar-refractivity contribution in [1.29, 1.82) is 0 Å². The van der Waals surface area contributed by atoms with Gasteiger partial charge in [-0.2, -0.15) is 0 Å². The highest BCUT2D eigenvalue weighted by Gasteiger charge is 2.35. The van der Waals surface area contributed by atoms with Crippen LogP contribution < -0.4 is 10.2 Å². The largest absolute Gasteiger partial charge is 0.388 e. The zero-order valence-corrected chi connectivity index (χ0v) is 12.6. The molecule has 9 heteroatoms. The Labute approximate surface area is 125 Å². The fourth-order valence-electron chi connectivity index (χ4n) is 2.16. The van der Waals surface area contributed by atoms with Gasteiger partial charge in [0.2, 0.25) is 5.91 Å². The molecule has 1 aliphatic rings. The van der Waals surface area contributed by atoms with Crippen LogP contribution in [0, 0.1) is 10.1 Å². The molecule has 0 radical (unpaired) electrons. The van der Waals surface area contributed by atoms with Gasteiger partial charge in [-0.3, -0.25) is 14.9 Å². The Bertz CT molecular complexity index is 545. The topological polar surface area (TPSA) is 105 Å². The molecule has 1 fully saturated rings. The number of aliphatic hydroxyl groups is 1. The highest BCUT2D eigenvalue weighted by molar-refractivity contribution is 7.16. The first-order valence-electron chi connectivity index (χ1n) is 6.48. The average Bonchev–Trinajstić information content (AvgIpc) is 2.92. The van der Waals surface area contributed by atoms with Gasteiger partial charge in [0.1, 0.15) is 6.04 Å². The van der Waals surface area contributed by atoms with E-state index in [1.807, 2.05) is 0 Å². The first kappa shape index (κ1) is 15.7. The second-order valence-corrected chi connectivity index (χ2v) is 5.73. The van der Waals surface area contributed by atoms with Gasteiger partial charge >= 0.3 is 5.69 Å². The number of thiophene rings is 1. The first-order chi connectivity index (χ1) is 9.95. The van der Waals surface area contributed by atoms with E-state index in [4.69, 9.17) is 4.74 Å². The van der Waals surface area contributed by atoms with Crippen molar-refractivity contribution in [3.05, 3.63) is 21.1 Å². The molecule has 0 aromatic carbocycles. The first-order valence-corrected chi connectivity index (χ1v) is 7.29. The number of amides is 1. The van der Waals surface area contributed by atoms with Gasteiger partial charge < -0.3 is 20.1 Å². The molecular weight excluding hydrogens is 298 g/mol. The van der Waals surface area contributed by atoms with Gasteiger partial charge in [0, 0.05) is 24.5 Å². The number of aliphatic hydroxyl groups excluding tert-OH is 1. The molecule has 2 rings (SSSR count). The summed E-state index contributed by atoms with van der Waals surface area (Å²) in [6.45, 7) is 2.51. The van der Waals surface area contributed by atoms with Crippen LogP contribution in [0.15, 0.2) is 6.07 Å². The summed E-state index contributed by atoms with van der Waals surface area (Å²) >= 11 is 1.13. The van der Waals surface area contributed by atoms with E-state index in [-0.39, 0.29) is 18.2 Å². The molecule has 2 N–H and O–H groups in total. The van der Waals surface area contributed by atoms with Gasteiger partial charge in [0.15, 0.2) is 5.00 Å². The third kappa shape index (κ3) is 3.14. The molecule has 0 bridgehead atoms. The monoisotopic (exact) mass is 315 g/mol. The van der Waals surface area contributed by atoms with E-state index in [2.05, 4.69) is 5.32 Å². The Balaban J connectivity index is 2.42. The molecule has 0 spiro atoms. The van der Waals surface area contributed by atoms with Gasteiger partial charge in [-0.25, -0.2) is 0 Å². The van der Waals surface area contributed by atoms with E-state index in [1.54, 1.807) is 11.8 Å². The summed E-state index contributed by atoms with van der Waals surface area (Å²) in [5, 5.41) is 23.8. The Hall–Kier alpha value is -1.71. The summed E-state index contributed by atoms with van der Waals surface area (Å²) in [4.78, 5) is 24.8. The third-order valence-electron chi connectivity index (χ3n) is 3.26. The Morgan fingerprint density at radius 2 is 2.43 bits per heavy atom. The smallest absolute Gasteiger partial charge is 0.304 e. The summed E-state index contributed by atoms with van der Waals surface area (Å²) < 4.78 is 5.29. The minimum absolute atomic E-state index is 0.0910. The van der Waals surface area contributed by atoms with Crippen LogP contribution in [-0.2, 0) is 9.53 Å². The molecule has 0 saturated carbocycles. The van der Waals surface area contributed by atoms with E-state index in [0.717, 1.165) is 11.3 Å². The zero-order valence-electron chi connectivity index (χ0n) is 11.7. The standard InChI is InChI=1S/C12H17N3O5S/c1-7(16)10-5-8(15(18)19)12(21-10)14-3-4-20-6-9(14)11(17)13-2/h5,7,9,16H,3-4,6H2,1-2H3,(H,13,17)/t7-,9?/m0/s1. The Morgan fingerprint density at radius 1 is 1.71 bits per heavy atom. The predicted molar refractivity (Wildman–Crippen MR) is 77.6 cm³/mol. The lowest BCUT2D eigenvalue weighted by atomic mass is 10.2. The van der Waals surface area contributed by atoms with Crippen LogP contribution in [-0.4, -0.2) is 48.8 Å². The number of nitrogens with zero attached hydrogens (tertiary/aromatic N) is 2. The summed E-state index contributed by atoms with van der Waals surface area (Å²) in [6, 6.07) is 0.754. The number of hydrogen-bond donors (Lipinski definition) is 2. The van der Waals surface area contributed by atoms with Crippen molar-refractivity contribution in [2.75, 3.05) is 31.7 Å². The molecule has 21 heavy (non-hydrogen) atoms. The molecule has 8 nitrogen and oxygen atoms in total. The molecule has 1 aromatic heterocycles.